The Morgan fingerprint density at radius 1 is 1.00 bits per heavy atom. The van der Waals surface area contributed by atoms with Crippen molar-refractivity contribution in [3.63, 3.8) is 0 Å². The highest BCUT2D eigenvalue weighted by Gasteiger charge is 2.34. The number of nitrogens with zero attached hydrogens (tertiary/aromatic N) is 3. The van der Waals surface area contributed by atoms with E-state index in [1.54, 1.807) is 6.07 Å². The molecule has 3 aliphatic rings. The highest BCUT2D eigenvalue weighted by molar-refractivity contribution is 5.82. The number of likely N-dealkylation sites (tertiary alicyclic amines) is 1. The number of amides is 1. The van der Waals surface area contributed by atoms with E-state index in [0.29, 0.717) is 61.9 Å². The summed E-state index contributed by atoms with van der Waals surface area (Å²) in [6, 6.07) is 9.12. The number of hydrazine groups is 1. The number of carbonyl (C=O) groups is 1. The zero-order chi connectivity index (χ0) is 24.2. The van der Waals surface area contributed by atoms with E-state index in [4.69, 9.17) is 9.47 Å². The van der Waals surface area contributed by atoms with Crippen LogP contribution < -0.4 is 20.3 Å². The molecular weight excluding hydrogens is 463 g/mol. The molecule has 8 nitrogen and oxygen atoms in total. The second-order valence-corrected chi connectivity index (χ2v) is 9.09. The predicted molar refractivity (Wildman–Crippen MR) is 121 cm³/mol. The third-order valence-corrected chi connectivity index (χ3v) is 6.96. The SMILES string of the molecule is O=C(C1CNNC1)N1CCC(n2c(-c3ccc4c(c3)OCO4)nc3cc(C(F)(F)F)ccc32)CC1. The van der Waals surface area contributed by atoms with Crippen molar-refractivity contribution < 1.29 is 27.4 Å². The number of piperidine rings is 1. The molecular formula is C24H24F3N5O3. The van der Waals surface area contributed by atoms with Crippen LogP contribution in [-0.4, -0.2) is 53.3 Å². The lowest BCUT2D eigenvalue weighted by molar-refractivity contribution is -0.137. The van der Waals surface area contributed by atoms with Crippen LogP contribution in [0.15, 0.2) is 36.4 Å². The molecule has 0 unspecified atom stereocenters. The van der Waals surface area contributed by atoms with Crippen LogP contribution in [0.5, 0.6) is 11.5 Å². The van der Waals surface area contributed by atoms with Crippen LogP contribution in [0.1, 0.15) is 24.4 Å². The third-order valence-electron chi connectivity index (χ3n) is 6.96. The van der Waals surface area contributed by atoms with E-state index in [-0.39, 0.29) is 30.2 Å². The van der Waals surface area contributed by atoms with Gasteiger partial charge in [0.1, 0.15) is 5.82 Å². The predicted octanol–water partition coefficient (Wildman–Crippen LogP) is 3.34. The van der Waals surface area contributed by atoms with Gasteiger partial charge in [-0.25, -0.2) is 4.98 Å². The molecule has 6 rings (SSSR count). The molecule has 0 bridgehead atoms. The number of imidazole rings is 1. The number of aromatic nitrogens is 2. The Morgan fingerprint density at radius 3 is 2.49 bits per heavy atom. The highest BCUT2D eigenvalue weighted by atomic mass is 19.4. The van der Waals surface area contributed by atoms with Crippen molar-refractivity contribution in [1.82, 2.24) is 25.3 Å². The maximum absolute atomic E-state index is 13.4. The number of hydrogen-bond acceptors (Lipinski definition) is 6. The lowest BCUT2D eigenvalue weighted by atomic mass is 10.0. The molecule has 1 aromatic heterocycles. The van der Waals surface area contributed by atoms with E-state index in [1.807, 2.05) is 21.6 Å². The van der Waals surface area contributed by atoms with Crippen molar-refractivity contribution in [1.29, 1.82) is 0 Å². The fraction of sp³-hybridized carbons (Fsp3) is 0.417. The minimum absolute atomic E-state index is 0.0129. The Kier molecular flexibility index (Phi) is 5.33. The van der Waals surface area contributed by atoms with Gasteiger partial charge in [0.2, 0.25) is 12.7 Å². The first kappa shape index (κ1) is 22.2. The third kappa shape index (κ3) is 3.98. The molecule has 2 saturated heterocycles. The van der Waals surface area contributed by atoms with E-state index in [1.165, 1.54) is 6.07 Å². The summed E-state index contributed by atoms with van der Waals surface area (Å²) in [5.74, 6) is 1.83. The average molecular weight is 487 g/mol. The van der Waals surface area contributed by atoms with Gasteiger partial charge < -0.3 is 18.9 Å². The first-order chi connectivity index (χ1) is 16.9. The molecule has 0 aliphatic carbocycles. The highest BCUT2D eigenvalue weighted by Crippen LogP contribution is 2.40. The molecule has 3 aromatic rings. The fourth-order valence-electron chi connectivity index (χ4n) is 5.12. The summed E-state index contributed by atoms with van der Waals surface area (Å²) in [5.41, 5.74) is 6.92. The van der Waals surface area contributed by atoms with Gasteiger partial charge in [-0.15, -0.1) is 0 Å². The van der Waals surface area contributed by atoms with Gasteiger partial charge in [0.15, 0.2) is 11.5 Å². The Morgan fingerprint density at radius 2 is 1.74 bits per heavy atom. The summed E-state index contributed by atoms with van der Waals surface area (Å²) in [5, 5.41) is 0. The smallest absolute Gasteiger partial charge is 0.416 e. The lowest BCUT2D eigenvalue weighted by Crippen LogP contribution is -2.43. The minimum atomic E-state index is -4.45. The number of carbonyl (C=O) groups excluding carboxylic acids is 1. The first-order valence-electron chi connectivity index (χ1n) is 11.6. The zero-order valence-corrected chi connectivity index (χ0v) is 18.8. The van der Waals surface area contributed by atoms with Crippen LogP contribution >= 0.6 is 0 Å². The molecule has 4 heterocycles. The Labute approximate surface area is 199 Å². The number of halogens is 3. The molecule has 184 valence electrons. The van der Waals surface area contributed by atoms with Crippen molar-refractivity contribution in [2.75, 3.05) is 33.0 Å². The van der Waals surface area contributed by atoms with Crippen molar-refractivity contribution in [2.45, 2.75) is 25.1 Å². The van der Waals surface area contributed by atoms with Gasteiger partial charge in [0, 0.05) is 37.8 Å². The van der Waals surface area contributed by atoms with Gasteiger partial charge in [-0.3, -0.25) is 15.6 Å². The number of rotatable bonds is 3. The molecule has 2 aromatic carbocycles. The Hall–Kier alpha value is -3.31. The number of nitrogens with one attached hydrogen (secondary N) is 2. The Bertz CT molecular complexity index is 1280. The molecule has 35 heavy (non-hydrogen) atoms. The number of alkyl halides is 3. The molecule has 0 saturated carbocycles. The average Bonchev–Trinajstić information content (AvgIpc) is 3.62. The second kappa shape index (κ2) is 8.42. The van der Waals surface area contributed by atoms with E-state index in [9.17, 15) is 18.0 Å². The van der Waals surface area contributed by atoms with Crippen LogP contribution in [0.25, 0.3) is 22.4 Å². The molecule has 0 spiro atoms. The molecule has 1 amide bonds. The van der Waals surface area contributed by atoms with Crippen molar-refractivity contribution >= 4 is 16.9 Å². The van der Waals surface area contributed by atoms with Crippen LogP contribution in [0, 0.1) is 5.92 Å². The normalized spacial score (nSPS) is 19.1. The van der Waals surface area contributed by atoms with Crippen LogP contribution in [-0.2, 0) is 11.0 Å². The van der Waals surface area contributed by atoms with E-state index >= 15 is 0 Å². The second-order valence-electron chi connectivity index (χ2n) is 9.09. The minimum Gasteiger partial charge on any atom is -0.454 e. The summed E-state index contributed by atoms with van der Waals surface area (Å²) in [7, 11) is 0. The van der Waals surface area contributed by atoms with Crippen molar-refractivity contribution in [3.05, 3.63) is 42.0 Å². The van der Waals surface area contributed by atoms with E-state index in [2.05, 4.69) is 15.8 Å². The molecule has 2 N–H and O–H groups in total. The molecule has 11 heteroatoms. The number of ether oxygens (including phenoxy) is 2. The molecule has 2 fully saturated rings. The maximum Gasteiger partial charge on any atom is 0.416 e. The molecule has 0 radical (unpaired) electrons. The van der Waals surface area contributed by atoms with E-state index < -0.39 is 11.7 Å². The van der Waals surface area contributed by atoms with E-state index in [0.717, 1.165) is 17.7 Å². The first-order valence-corrected chi connectivity index (χ1v) is 11.6. The summed E-state index contributed by atoms with van der Waals surface area (Å²) < 4.78 is 53.1. The van der Waals surface area contributed by atoms with Crippen molar-refractivity contribution in [2.24, 2.45) is 5.92 Å². The van der Waals surface area contributed by atoms with Gasteiger partial charge in [0.25, 0.3) is 0 Å². The van der Waals surface area contributed by atoms with Gasteiger partial charge in [-0.1, -0.05) is 0 Å². The number of fused-ring (bicyclic) bond motifs is 2. The topological polar surface area (TPSA) is 80.7 Å². The quantitative estimate of drug-likeness (QED) is 0.590. The van der Waals surface area contributed by atoms with Crippen molar-refractivity contribution in [3.8, 4) is 22.9 Å². The van der Waals surface area contributed by atoms with Crippen LogP contribution in [0.4, 0.5) is 13.2 Å². The van der Waals surface area contributed by atoms with Crippen LogP contribution in [0.3, 0.4) is 0 Å². The zero-order valence-electron chi connectivity index (χ0n) is 18.8. The van der Waals surface area contributed by atoms with Gasteiger partial charge in [0.05, 0.1) is 22.5 Å². The molecule has 0 atom stereocenters. The maximum atomic E-state index is 13.4. The standard InChI is InChI=1S/C24H24F3N5O3/c25-24(26,27)16-2-3-19-18(10-16)30-22(14-1-4-20-21(9-14)35-13-34-20)32(19)17-5-7-31(8-6-17)23(33)15-11-28-29-12-15/h1-4,9-10,15,17,28-29H,5-8,11-13H2. The number of hydrogen-bond donors (Lipinski definition) is 2. The monoisotopic (exact) mass is 487 g/mol. The van der Waals surface area contributed by atoms with Gasteiger partial charge >= 0.3 is 6.18 Å². The Balaban J connectivity index is 1.36. The summed E-state index contributed by atoms with van der Waals surface area (Å²) in [6.45, 7) is 2.52. The summed E-state index contributed by atoms with van der Waals surface area (Å²) in [4.78, 5) is 19.4. The van der Waals surface area contributed by atoms with Gasteiger partial charge in [-0.05, 0) is 49.2 Å². The van der Waals surface area contributed by atoms with Crippen LogP contribution in [0.2, 0.25) is 0 Å². The fourth-order valence-corrected chi connectivity index (χ4v) is 5.12. The summed E-state index contributed by atoms with van der Waals surface area (Å²) in [6.07, 6.45) is -3.08. The largest absolute Gasteiger partial charge is 0.454 e. The van der Waals surface area contributed by atoms with Gasteiger partial charge in [-0.2, -0.15) is 13.2 Å². The summed E-state index contributed by atoms with van der Waals surface area (Å²) >= 11 is 0. The number of benzene rings is 2. The molecule has 3 aliphatic heterocycles. The lowest BCUT2D eigenvalue weighted by Gasteiger charge is -2.34.